The van der Waals surface area contributed by atoms with Gasteiger partial charge in [-0.3, -0.25) is 9.59 Å². The molecule has 0 saturated carbocycles. The zero-order valence-electron chi connectivity index (χ0n) is 16.3. The highest BCUT2D eigenvalue weighted by molar-refractivity contribution is 5.95. The molecule has 0 aromatic heterocycles. The van der Waals surface area contributed by atoms with Crippen molar-refractivity contribution in [2.45, 2.75) is 38.4 Å². The van der Waals surface area contributed by atoms with Crippen LogP contribution in [-0.2, 0) is 14.3 Å². The highest BCUT2D eigenvalue weighted by Crippen LogP contribution is 2.54. The van der Waals surface area contributed by atoms with Gasteiger partial charge in [0.1, 0.15) is 6.61 Å². The van der Waals surface area contributed by atoms with Crippen LogP contribution in [0.1, 0.15) is 34.3 Å². The van der Waals surface area contributed by atoms with E-state index >= 15 is 0 Å². The standard InChI is InChI=1S/C21H28N2O4/c1-13-5-4-6-15(14(13)2)20(25)22-9-16-17-10-23(19(24)11-26-3)12-21(17)8-7-18(16)27-21/h4-6,16-18H,7-12H2,1-3H3,(H,22,25)/t16-,17+,18+,21+/m0/s1. The van der Waals surface area contributed by atoms with Gasteiger partial charge >= 0.3 is 0 Å². The molecule has 1 N–H and O–H groups in total. The Morgan fingerprint density at radius 3 is 2.96 bits per heavy atom. The molecule has 2 amide bonds. The first-order chi connectivity index (χ1) is 12.9. The molecule has 27 heavy (non-hydrogen) atoms. The maximum absolute atomic E-state index is 12.7. The van der Waals surface area contributed by atoms with Gasteiger partial charge in [0.05, 0.1) is 18.2 Å². The zero-order chi connectivity index (χ0) is 19.2. The minimum absolute atomic E-state index is 0.0199. The molecule has 146 valence electrons. The fraction of sp³-hybridized carbons (Fsp3) is 0.619. The monoisotopic (exact) mass is 372 g/mol. The molecule has 0 unspecified atom stereocenters. The zero-order valence-corrected chi connectivity index (χ0v) is 16.3. The molecule has 3 aliphatic heterocycles. The van der Waals surface area contributed by atoms with Crippen LogP contribution in [0.5, 0.6) is 0 Å². The third kappa shape index (κ3) is 3.05. The SMILES string of the molecule is COCC(=O)N1C[C@@H]2[C@H](CNC(=O)c3cccc(C)c3C)[C@H]3CC[C@]2(C1)O3. The number of methoxy groups -OCH3 is 1. The number of likely N-dealkylation sites (tertiary alicyclic amines) is 1. The fourth-order valence-corrected chi connectivity index (χ4v) is 5.17. The maximum atomic E-state index is 12.7. The third-order valence-electron chi connectivity index (χ3n) is 6.75. The van der Waals surface area contributed by atoms with Crippen LogP contribution in [0.15, 0.2) is 18.2 Å². The van der Waals surface area contributed by atoms with Gasteiger partial charge in [0, 0.05) is 37.6 Å². The second-order valence-electron chi connectivity index (χ2n) is 8.19. The van der Waals surface area contributed by atoms with Crippen LogP contribution < -0.4 is 5.32 Å². The minimum Gasteiger partial charge on any atom is -0.375 e. The highest BCUT2D eigenvalue weighted by Gasteiger charge is 2.63. The Morgan fingerprint density at radius 2 is 2.19 bits per heavy atom. The average molecular weight is 372 g/mol. The van der Waals surface area contributed by atoms with Crippen molar-refractivity contribution in [3.05, 3.63) is 34.9 Å². The summed E-state index contributed by atoms with van der Waals surface area (Å²) in [4.78, 5) is 26.8. The van der Waals surface area contributed by atoms with Gasteiger partial charge in [0.2, 0.25) is 5.91 Å². The van der Waals surface area contributed by atoms with Gasteiger partial charge in [-0.05, 0) is 43.9 Å². The summed E-state index contributed by atoms with van der Waals surface area (Å²) < 4.78 is 11.4. The molecule has 3 saturated heterocycles. The Hall–Kier alpha value is -1.92. The van der Waals surface area contributed by atoms with Crippen LogP contribution in [0.2, 0.25) is 0 Å². The van der Waals surface area contributed by atoms with Gasteiger partial charge < -0.3 is 19.7 Å². The number of hydrogen-bond donors (Lipinski definition) is 1. The van der Waals surface area contributed by atoms with Crippen molar-refractivity contribution in [3.8, 4) is 0 Å². The first-order valence-corrected chi connectivity index (χ1v) is 9.74. The van der Waals surface area contributed by atoms with Crippen molar-refractivity contribution in [1.82, 2.24) is 10.2 Å². The van der Waals surface area contributed by atoms with Crippen LogP contribution in [0, 0.1) is 25.7 Å². The number of ether oxygens (including phenoxy) is 2. The molecule has 1 spiro atoms. The molecular weight excluding hydrogens is 344 g/mol. The van der Waals surface area contributed by atoms with Gasteiger partial charge in [0.15, 0.2) is 0 Å². The van der Waals surface area contributed by atoms with E-state index in [1.807, 2.05) is 36.9 Å². The molecular formula is C21H28N2O4. The average Bonchev–Trinajstić information content (AvgIpc) is 3.30. The van der Waals surface area contributed by atoms with E-state index in [-0.39, 0.29) is 42.0 Å². The largest absolute Gasteiger partial charge is 0.375 e. The van der Waals surface area contributed by atoms with Gasteiger partial charge in [-0.2, -0.15) is 0 Å². The van der Waals surface area contributed by atoms with E-state index in [4.69, 9.17) is 9.47 Å². The van der Waals surface area contributed by atoms with E-state index in [2.05, 4.69) is 5.32 Å². The Morgan fingerprint density at radius 1 is 1.37 bits per heavy atom. The Labute approximate surface area is 160 Å². The predicted octanol–water partition coefficient (Wildman–Crippen LogP) is 1.69. The number of aryl methyl sites for hydroxylation is 1. The van der Waals surface area contributed by atoms with Gasteiger partial charge in [-0.1, -0.05) is 12.1 Å². The highest BCUT2D eigenvalue weighted by atomic mass is 16.5. The second-order valence-corrected chi connectivity index (χ2v) is 8.19. The van der Waals surface area contributed by atoms with Gasteiger partial charge in [-0.15, -0.1) is 0 Å². The van der Waals surface area contributed by atoms with Crippen LogP contribution in [-0.4, -0.2) is 61.8 Å². The third-order valence-corrected chi connectivity index (χ3v) is 6.75. The van der Waals surface area contributed by atoms with Crippen molar-refractivity contribution < 1.29 is 19.1 Å². The second kappa shape index (κ2) is 6.91. The van der Waals surface area contributed by atoms with Crippen LogP contribution in [0.4, 0.5) is 0 Å². The van der Waals surface area contributed by atoms with E-state index in [1.54, 1.807) is 7.11 Å². The summed E-state index contributed by atoms with van der Waals surface area (Å²) in [6.45, 7) is 6.05. The number of amides is 2. The summed E-state index contributed by atoms with van der Waals surface area (Å²) in [6, 6.07) is 5.81. The van der Waals surface area contributed by atoms with Crippen molar-refractivity contribution >= 4 is 11.8 Å². The molecule has 0 aliphatic carbocycles. The number of carbonyl (C=O) groups excluding carboxylic acids is 2. The summed E-state index contributed by atoms with van der Waals surface area (Å²) in [5, 5.41) is 3.13. The molecule has 3 fully saturated rings. The lowest BCUT2D eigenvalue weighted by molar-refractivity contribution is -0.135. The smallest absolute Gasteiger partial charge is 0.251 e. The van der Waals surface area contributed by atoms with Gasteiger partial charge in [0.25, 0.3) is 5.91 Å². The Balaban J connectivity index is 1.43. The Kier molecular flexibility index (Phi) is 4.72. The lowest BCUT2D eigenvalue weighted by Gasteiger charge is -2.29. The van der Waals surface area contributed by atoms with Crippen molar-refractivity contribution in [1.29, 1.82) is 0 Å². The number of fused-ring (bicyclic) bond motifs is 1. The van der Waals surface area contributed by atoms with E-state index in [9.17, 15) is 9.59 Å². The van der Waals surface area contributed by atoms with Gasteiger partial charge in [-0.25, -0.2) is 0 Å². The number of carbonyl (C=O) groups is 2. The number of nitrogens with zero attached hydrogens (tertiary/aromatic N) is 1. The normalized spacial score (nSPS) is 31.2. The number of benzene rings is 1. The summed E-state index contributed by atoms with van der Waals surface area (Å²) in [5.74, 6) is 0.536. The summed E-state index contributed by atoms with van der Waals surface area (Å²) in [7, 11) is 1.54. The lowest BCUT2D eigenvalue weighted by Crippen LogP contribution is -2.42. The molecule has 1 aromatic carbocycles. The number of nitrogens with one attached hydrogen (secondary N) is 1. The first kappa shape index (κ1) is 18.4. The van der Waals surface area contributed by atoms with Crippen molar-refractivity contribution in [2.24, 2.45) is 11.8 Å². The fourth-order valence-electron chi connectivity index (χ4n) is 5.17. The molecule has 6 heteroatoms. The quantitative estimate of drug-likeness (QED) is 0.854. The van der Waals surface area contributed by atoms with Crippen LogP contribution in [0.3, 0.4) is 0 Å². The van der Waals surface area contributed by atoms with Crippen LogP contribution in [0.25, 0.3) is 0 Å². The Bertz CT molecular complexity index is 765. The molecule has 4 rings (SSSR count). The van der Waals surface area contributed by atoms with E-state index in [0.29, 0.717) is 19.6 Å². The van der Waals surface area contributed by atoms with Crippen molar-refractivity contribution in [3.63, 3.8) is 0 Å². The number of rotatable bonds is 5. The maximum Gasteiger partial charge on any atom is 0.251 e. The summed E-state index contributed by atoms with van der Waals surface area (Å²) in [6.07, 6.45) is 2.20. The molecule has 3 heterocycles. The van der Waals surface area contributed by atoms with Crippen molar-refractivity contribution in [2.75, 3.05) is 33.4 Å². The minimum atomic E-state index is -0.220. The van der Waals surface area contributed by atoms with E-state index < -0.39 is 0 Å². The summed E-state index contributed by atoms with van der Waals surface area (Å²) >= 11 is 0. The lowest BCUT2D eigenvalue weighted by atomic mass is 9.73. The molecule has 2 bridgehead atoms. The predicted molar refractivity (Wildman–Crippen MR) is 101 cm³/mol. The molecule has 0 radical (unpaired) electrons. The molecule has 1 aromatic rings. The number of hydrogen-bond acceptors (Lipinski definition) is 4. The molecule has 4 atom stereocenters. The van der Waals surface area contributed by atoms with E-state index in [0.717, 1.165) is 29.5 Å². The topological polar surface area (TPSA) is 67.9 Å². The molecule has 3 aliphatic rings. The first-order valence-electron chi connectivity index (χ1n) is 9.74. The van der Waals surface area contributed by atoms with E-state index in [1.165, 1.54) is 0 Å². The van der Waals surface area contributed by atoms with Crippen LogP contribution >= 0.6 is 0 Å². The summed E-state index contributed by atoms with van der Waals surface area (Å²) in [5.41, 5.74) is 2.65. The molecule has 6 nitrogen and oxygen atoms in total.